The smallest absolute Gasteiger partial charge is 0.410 e. The zero-order valence-electron chi connectivity index (χ0n) is 14.7. The van der Waals surface area contributed by atoms with Crippen molar-refractivity contribution in [3.63, 3.8) is 0 Å². The van der Waals surface area contributed by atoms with Crippen molar-refractivity contribution >= 4 is 6.09 Å². The van der Waals surface area contributed by atoms with E-state index in [1.807, 2.05) is 32.9 Å². The minimum atomic E-state index is -0.484. The van der Waals surface area contributed by atoms with E-state index < -0.39 is 5.60 Å². The molecule has 5 nitrogen and oxygen atoms in total. The van der Waals surface area contributed by atoms with Crippen LogP contribution in [-0.2, 0) is 9.47 Å². The molecule has 2 aliphatic rings. The average molecular weight is 333 g/mol. The summed E-state index contributed by atoms with van der Waals surface area (Å²) in [5, 5.41) is 9.67. The van der Waals surface area contributed by atoms with Gasteiger partial charge >= 0.3 is 6.09 Å². The fraction of sp³-hybridized carbons (Fsp3) is 0.632. The number of phenols is 1. The first-order valence-corrected chi connectivity index (χ1v) is 8.71. The van der Waals surface area contributed by atoms with E-state index in [4.69, 9.17) is 9.47 Å². The molecule has 1 aromatic carbocycles. The summed E-state index contributed by atoms with van der Waals surface area (Å²) in [5.41, 5.74) is 0.231. The number of aromatic hydroxyl groups is 1. The molecule has 3 rings (SSSR count). The highest BCUT2D eigenvalue weighted by molar-refractivity contribution is 5.68. The number of nitrogens with zero attached hydrogens (tertiary/aromatic N) is 1. The summed E-state index contributed by atoms with van der Waals surface area (Å²) < 4.78 is 11.9. The van der Waals surface area contributed by atoms with Gasteiger partial charge in [0, 0.05) is 6.54 Å². The third kappa shape index (κ3) is 3.83. The Morgan fingerprint density at radius 2 is 2.17 bits per heavy atom. The lowest BCUT2D eigenvalue weighted by atomic mass is 9.90. The van der Waals surface area contributed by atoms with Crippen molar-refractivity contribution in [3.8, 4) is 5.75 Å². The van der Waals surface area contributed by atoms with Gasteiger partial charge in [0.25, 0.3) is 0 Å². The fourth-order valence-electron chi connectivity index (χ4n) is 3.65. The summed E-state index contributed by atoms with van der Waals surface area (Å²) in [7, 11) is 0. The lowest BCUT2D eigenvalue weighted by molar-refractivity contribution is -0.0858. The molecule has 1 amide bonds. The van der Waals surface area contributed by atoms with E-state index in [9.17, 15) is 9.90 Å². The average Bonchev–Trinajstić information content (AvgIpc) is 2.89. The van der Waals surface area contributed by atoms with Crippen LogP contribution in [0.3, 0.4) is 0 Å². The largest absolute Gasteiger partial charge is 0.508 e. The molecule has 2 fully saturated rings. The molecule has 0 saturated carbocycles. The summed E-state index contributed by atoms with van der Waals surface area (Å²) in [5.74, 6) is 0.260. The molecule has 2 aliphatic heterocycles. The molecule has 132 valence electrons. The van der Waals surface area contributed by atoms with Crippen molar-refractivity contribution in [1.29, 1.82) is 0 Å². The van der Waals surface area contributed by atoms with Crippen LogP contribution in [0.25, 0.3) is 0 Å². The molecule has 0 aliphatic carbocycles. The second kappa shape index (κ2) is 6.28. The first-order valence-electron chi connectivity index (χ1n) is 8.71. The molecule has 2 heterocycles. The van der Waals surface area contributed by atoms with Crippen LogP contribution in [0, 0.1) is 0 Å². The van der Waals surface area contributed by atoms with Gasteiger partial charge in [0.1, 0.15) is 11.4 Å². The molecule has 0 bridgehead atoms. The normalized spacial score (nSPS) is 27.5. The third-order valence-corrected chi connectivity index (χ3v) is 4.69. The number of amides is 1. The standard InChI is InChI=1S/C19H27NO4/c1-18(2,3)24-17(22)20-11-5-9-19(13-20)10-8-16(23-19)14-6-4-7-15(21)12-14/h4,6-7,12,16,21H,5,8-11,13H2,1-3H3/t16-,19-/m0/s1. The number of likely N-dealkylation sites (tertiary alicyclic amines) is 1. The highest BCUT2D eigenvalue weighted by Crippen LogP contribution is 2.44. The van der Waals surface area contributed by atoms with E-state index >= 15 is 0 Å². The molecule has 24 heavy (non-hydrogen) atoms. The Kier molecular flexibility index (Phi) is 4.47. The number of phenolic OH excluding ortho intramolecular Hbond substituents is 1. The maximum atomic E-state index is 12.4. The van der Waals surface area contributed by atoms with Crippen LogP contribution in [0.15, 0.2) is 24.3 Å². The second-order valence-corrected chi connectivity index (χ2v) is 7.93. The minimum Gasteiger partial charge on any atom is -0.508 e. The third-order valence-electron chi connectivity index (χ3n) is 4.69. The summed E-state index contributed by atoms with van der Waals surface area (Å²) >= 11 is 0. The quantitative estimate of drug-likeness (QED) is 0.843. The second-order valence-electron chi connectivity index (χ2n) is 7.93. The molecule has 1 aromatic rings. The Balaban J connectivity index is 1.67. The molecular weight excluding hydrogens is 306 g/mol. The van der Waals surface area contributed by atoms with E-state index in [1.165, 1.54) is 0 Å². The van der Waals surface area contributed by atoms with Gasteiger partial charge in [-0.1, -0.05) is 12.1 Å². The number of piperidine rings is 1. The highest BCUT2D eigenvalue weighted by atomic mass is 16.6. The molecule has 0 radical (unpaired) electrons. The summed E-state index contributed by atoms with van der Waals surface area (Å²) in [6.07, 6.45) is 3.44. The summed E-state index contributed by atoms with van der Waals surface area (Å²) in [6, 6.07) is 7.25. The Hall–Kier alpha value is -1.75. The number of ether oxygens (including phenoxy) is 2. The van der Waals surface area contributed by atoms with E-state index in [0.29, 0.717) is 6.54 Å². The van der Waals surface area contributed by atoms with Crippen LogP contribution in [-0.4, -0.2) is 40.4 Å². The van der Waals surface area contributed by atoms with Gasteiger partial charge in [0.05, 0.1) is 18.2 Å². The number of carbonyl (C=O) groups is 1. The van der Waals surface area contributed by atoms with Gasteiger partial charge in [0.2, 0.25) is 0 Å². The van der Waals surface area contributed by atoms with Crippen LogP contribution in [0.1, 0.15) is 58.1 Å². The van der Waals surface area contributed by atoms with Crippen molar-refractivity contribution in [1.82, 2.24) is 4.90 Å². The van der Waals surface area contributed by atoms with Crippen LogP contribution >= 0.6 is 0 Å². The molecular formula is C19H27NO4. The van der Waals surface area contributed by atoms with E-state index in [1.54, 1.807) is 17.0 Å². The number of benzene rings is 1. The van der Waals surface area contributed by atoms with Gasteiger partial charge in [-0.15, -0.1) is 0 Å². The maximum Gasteiger partial charge on any atom is 0.410 e. The van der Waals surface area contributed by atoms with Crippen LogP contribution < -0.4 is 0 Å². The minimum absolute atomic E-state index is 0.0179. The predicted molar refractivity (Wildman–Crippen MR) is 90.9 cm³/mol. The Labute approximate surface area is 143 Å². The fourth-order valence-corrected chi connectivity index (χ4v) is 3.65. The molecule has 1 spiro atoms. The van der Waals surface area contributed by atoms with Crippen molar-refractivity contribution < 1.29 is 19.4 Å². The number of hydrogen-bond donors (Lipinski definition) is 1. The van der Waals surface area contributed by atoms with E-state index in [-0.39, 0.29) is 23.5 Å². The molecule has 0 unspecified atom stereocenters. The predicted octanol–water partition coefficient (Wildman–Crippen LogP) is 4.01. The van der Waals surface area contributed by atoms with Crippen LogP contribution in [0.2, 0.25) is 0 Å². The highest BCUT2D eigenvalue weighted by Gasteiger charge is 2.45. The van der Waals surface area contributed by atoms with Crippen molar-refractivity contribution in [2.24, 2.45) is 0 Å². The number of rotatable bonds is 1. The Bertz CT molecular complexity index is 610. The van der Waals surface area contributed by atoms with Gasteiger partial charge in [-0.25, -0.2) is 4.79 Å². The zero-order valence-corrected chi connectivity index (χ0v) is 14.7. The van der Waals surface area contributed by atoms with Gasteiger partial charge in [-0.3, -0.25) is 0 Å². The van der Waals surface area contributed by atoms with Gasteiger partial charge in [-0.2, -0.15) is 0 Å². The summed E-state index contributed by atoms with van der Waals surface area (Å²) in [4.78, 5) is 14.1. The first kappa shape index (κ1) is 17.1. The van der Waals surface area contributed by atoms with Crippen molar-refractivity contribution in [3.05, 3.63) is 29.8 Å². The van der Waals surface area contributed by atoms with Gasteiger partial charge < -0.3 is 19.5 Å². The first-order chi connectivity index (χ1) is 11.3. The van der Waals surface area contributed by atoms with Crippen molar-refractivity contribution in [2.45, 2.75) is 63.8 Å². The molecule has 2 saturated heterocycles. The maximum absolute atomic E-state index is 12.4. The summed E-state index contributed by atoms with van der Waals surface area (Å²) in [6.45, 7) is 6.95. The molecule has 0 aromatic heterocycles. The molecule has 2 atom stereocenters. The molecule has 1 N–H and O–H groups in total. The topological polar surface area (TPSA) is 59.0 Å². The number of hydrogen-bond acceptors (Lipinski definition) is 4. The van der Waals surface area contributed by atoms with Crippen LogP contribution in [0.4, 0.5) is 4.79 Å². The Morgan fingerprint density at radius 1 is 1.38 bits per heavy atom. The van der Waals surface area contributed by atoms with E-state index in [2.05, 4.69) is 0 Å². The van der Waals surface area contributed by atoms with Gasteiger partial charge in [0.15, 0.2) is 0 Å². The van der Waals surface area contributed by atoms with Crippen molar-refractivity contribution in [2.75, 3.05) is 13.1 Å². The SMILES string of the molecule is CC(C)(C)OC(=O)N1CCC[C@]2(CC[C@@H](c3cccc(O)c3)O2)C1. The lowest BCUT2D eigenvalue weighted by Crippen LogP contribution is -2.51. The molecule has 5 heteroatoms. The Morgan fingerprint density at radius 3 is 2.88 bits per heavy atom. The van der Waals surface area contributed by atoms with E-state index in [0.717, 1.165) is 37.8 Å². The van der Waals surface area contributed by atoms with Gasteiger partial charge in [-0.05, 0) is 64.2 Å². The van der Waals surface area contributed by atoms with Crippen LogP contribution in [0.5, 0.6) is 5.75 Å². The monoisotopic (exact) mass is 333 g/mol. The zero-order chi connectivity index (χ0) is 17.4. The lowest BCUT2D eigenvalue weighted by Gasteiger charge is -2.40. The number of carbonyl (C=O) groups excluding carboxylic acids is 1.